The molecule has 0 saturated carbocycles. The Hall–Kier alpha value is -8.94. The largest absolute Gasteiger partial charge is 0.466 e. The minimum atomic E-state index is -2.64. The number of benzene rings is 8. The number of para-hydroxylation sites is 2. The molecule has 0 saturated heterocycles. The van der Waals surface area contributed by atoms with E-state index in [0.29, 0.717) is 29.0 Å². The number of ether oxygens (including phenoxy) is 1. The van der Waals surface area contributed by atoms with E-state index in [2.05, 4.69) is 236 Å². The summed E-state index contributed by atoms with van der Waals surface area (Å²) in [6.45, 7) is 25.3. The number of aromatic nitrogens is 5. The number of hydrogen-bond acceptors (Lipinski definition) is 3. The number of allylic oxidation sites excluding steroid dienone is 2. The second kappa shape index (κ2) is 19.6. The second-order valence-electron chi connectivity index (χ2n) is 26.6. The average molecular weight is 1090 g/mol. The summed E-state index contributed by atoms with van der Waals surface area (Å²) < 4.78 is 42.4. The number of imidazole rings is 1. The molecule has 1 aliphatic heterocycles. The van der Waals surface area contributed by atoms with Crippen LogP contribution in [0.25, 0.3) is 88.4 Å². The number of anilines is 2. The molecule has 0 unspecified atom stereocenters. The lowest BCUT2D eigenvalue weighted by molar-refractivity contribution is -0.649. The van der Waals surface area contributed by atoms with Crippen LogP contribution in [0.4, 0.5) is 11.5 Å². The molecule has 13 rings (SSSR count). The average Bonchev–Trinajstić information content (AvgIpc) is 1.55. The summed E-state index contributed by atoms with van der Waals surface area (Å²) in [5.41, 5.74) is 17.6. The van der Waals surface area contributed by atoms with Crippen molar-refractivity contribution in [2.45, 2.75) is 105 Å². The van der Waals surface area contributed by atoms with E-state index < -0.39 is 6.98 Å². The first kappa shape index (κ1) is 49.8. The molecule has 0 aliphatic carbocycles. The Morgan fingerprint density at radius 3 is 1.52 bits per heavy atom. The van der Waals surface area contributed by atoms with Gasteiger partial charge in [-0.15, -0.1) is 0 Å². The smallest absolute Gasteiger partial charge is 0.244 e. The maximum atomic E-state index is 9.32. The lowest BCUT2D eigenvalue weighted by Crippen LogP contribution is -2.27. The normalized spacial score (nSPS) is 14.7. The molecular formula is C76H74N6O. The van der Waals surface area contributed by atoms with Gasteiger partial charge in [-0.2, -0.15) is 0 Å². The van der Waals surface area contributed by atoms with E-state index in [-0.39, 0.29) is 21.7 Å². The molecule has 0 N–H and O–H groups in total. The lowest BCUT2D eigenvalue weighted by atomic mass is 9.85. The standard InChI is InChI=1S/C76H74N6O/c1-73(2,3)50-32-36-63-58(42-50)59-43-51(74(4,5)6)33-37-64(59)81(63)67-28-20-29-68(82-65-38-34-52(75(7,8)9)44-60(65)61-45-53(76(10,11)12)35-39-66(61)82)71(67)57-26-19-30-69-72(57)78(13)48-80(69)54-23-18-24-55(46-54)83-41-21-22-49-47-79(70-31-16-17-40-77-70)62-27-15-14-25-56(49)62/h14-46H,47H2,1-13H3/b41-21+,49-22?/i13D3. The molecule has 7 heteroatoms. The molecule has 0 radical (unpaired) electrons. The highest BCUT2D eigenvalue weighted by atomic mass is 16.5. The van der Waals surface area contributed by atoms with E-state index in [4.69, 9.17) is 4.74 Å². The molecule has 4 aromatic heterocycles. The molecule has 12 aromatic rings. The van der Waals surface area contributed by atoms with Crippen molar-refractivity contribution in [2.75, 3.05) is 11.4 Å². The summed E-state index contributed by atoms with van der Waals surface area (Å²) in [6, 6.07) is 62.6. The Morgan fingerprint density at radius 2 is 1.00 bits per heavy atom. The van der Waals surface area contributed by atoms with Gasteiger partial charge in [0.2, 0.25) is 6.33 Å². The van der Waals surface area contributed by atoms with Crippen LogP contribution in [0, 0.1) is 6.33 Å². The van der Waals surface area contributed by atoms with E-state index in [9.17, 15) is 4.11 Å². The monoisotopic (exact) mass is 1090 g/mol. The van der Waals surface area contributed by atoms with Crippen LogP contribution in [-0.2, 0) is 28.6 Å². The fourth-order valence-corrected chi connectivity index (χ4v) is 12.3. The van der Waals surface area contributed by atoms with Crippen molar-refractivity contribution in [1.29, 1.82) is 0 Å². The molecule has 0 atom stereocenters. The van der Waals surface area contributed by atoms with Gasteiger partial charge in [-0.3, -0.25) is 0 Å². The number of rotatable bonds is 8. The third-order valence-corrected chi connectivity index (χ3v) is 16.9. The summed E-state index contributed by atoms with van der Waals surface area (Å²) in [5, 5.41) is 4.65. The molecule has 1 aliphatic rings. The van der Waals surface area contributed by atoms with Crippen molar-refractivity contribution >= 4 is 71.7 Å². The first-order valence-electron chi connectivity index (χ1n) is 30.6. The van der Waals surface area contributed by atoms with E-state index >= 15 is 0 Å². The highest BCUT2D eigenvalue weighted by Crippen LogP contribution is 2.46. The van der Waals surface area contributed by atoms with Gasteiger partial charge in [0, 0.05) is 38.9 Å². The number of pyridine rings is 1. The van der Waals surface area contributed by atoms with Gasteiger partial charge in [0.15, 0.2) is 0 Å². The van der Waals surface area contributed by atoms with Crippen LogP contribution >= 0.6 is 0 Å². The molecule has 414 valence electrons. The van der Waals surface area contributed by atoms with Crippen LogP contribution in [0.2, 0.25) is 0 Å². The van der Waals surface area contributed by atoms with Gasteiger partial charge >= 0.3 is 0 Å². The Morgan fingerprint density at radius 1 is 0.506 bits per heavy atom. The third kappa shape index (κ3) is 9.31. The second-order valence-corrected chi connectivity index (χ2v) is 26.6. The number of hydrogen-bond donors (Lipinski definition) is 0. The number of nitrogens with zero attached hydrogens (tertiary/aromatic N) is 6. The quantitative estimate of drug-likeness (QED) is 0.0865. The van der Waals surface area contributed by atoms with Crippen molar-refractivity contribution in [3.05, 3.63) is 235 Å². The van der Waals surface area contributed by atoms with Crippen LogP contribution in [0.3, 0.4) is 0 Å². The van der Waals surface area contributed by atoms with Gasteiger partial charge in [0.25, 0.3) is 0 Å². The highest BCUT2D eigenvalue weighted by molar-refractivity contribution is 6.13. The zero-order valence-electron chi connectivity index (χ0n) is 52.9. The first-order chi connectivity index (χ1) is 40.8. The van der Waals surface area contributed by atoms with Crippen molar-refractivity contribution in [3.8, 4) is 33.9 Å². The molecule has 7 nitrogen and oxygen atoms in total. The van der Waals surface area contributed by atoms with Crippen molar-refractivity contribution in [2.24, 2.45) is 6.98 Å². The zero-order valence-corrected chi connectivity index (χ0v) is 49.9. The molecule has 0 amide bonds. The minimum absolute atomic E-state index is 0.0966. The summed E-state index contributed by atoms with van der Waals surface area (Å²) in [5.74, 6) is 1.48. The summed E-state index contributed by atoms with van der Waals surface area (Å²) in [4.78, 5) is 6.86. The van der Waals surface area contributed by atoms with Crippen LogP contribution in [0.5, 0.6) is 5.75 Å². The molecule has 5 heterocycles. The summed E-state index contributed by atoms with van der Waals surface area (Å²) in [6.07, 6.45) is 10.9. The summed E-state index contributed by atoms with van der Waals surface area (Å²) >= 11 is 0. The Bertz CT molecular complexity index is 4420. The van der Waals surface area contributed by atoms with Gasteiger partial charge in [0.1, 0.15) is 11.6 Å². The van der Waals surface area contributed by atoms with E-state index in [0.717, 1.165) is 88.8 Å². The van der Waals surface area contributed by atoms with Crippen LogP contribution in [0.15, 0.2) is 201 Å². The molecule has 83 heavy (non-hydrogen) atoms. The molecule has 0 bridgehead atoms. The van der Waals surface area contributed by atoms with Gasteiger partial charge in [0.05, 0.1) is 79.7 Å². The lowest BCUT2D eigenvalue weighted by Gasteiger charge is -2.23. The Kier molecular flexibility index (Phi) is 11.8. The van der Waals surface area contributed by atoms with E-state index in [1.165, 1.54) is 26.8 Å². The minimum Gasteiger partial charge on any atom is -0.466 e. The van der Waals surface area contributed by atoms with Gasteiger partial charge in [-0.05, 0) is 152 Å². The van der Waals surface area contributed by atoms with Gasteiger partial charge < -0.3 is 27.9 Å². The SMILES string of the molecule is [2H]C([2H])([2H])[n+]1[c-]n(-c2cccc(O/C=C/C=C3CN(c4ccccn4)c4ccccc43)c2)c2cccc(-c3c(-n4c5ccc(C(C)(C)C)cc5c5cc(C(C)(C)C)ccc54)cccc3-n3c4ccc(C(C)(C)C)cc4c4cc(C(C)(C)C)ccc43)c21. The van der Waals surface area contributed by atoms with E-state index in [1.807, 2.05) is 71.4 Å². The molecule has 8 aromatic carbocycles. The molecule has 0 fully saturated rings. The number of fused-ring (bicyclic) bond motifs is 8. The predicted octanol–water partition coefficient (Wildman–Crippen LogP) is 18.8. The van der Waals surface area contributed by atoms with Crippen LogP contribution < -0.4 is 14.2 Å². The molecule has 0 spiro atoms. The highest BCUT2D eigenvalue weighted by Gasteiger charge is 2.29. The maximum Gasteiger partial charge on any atom is 0.244 e. The van der Waals surface area contributed by atoms with Crippen LogP contribution in [0.1, 0.15) is 115 Å². The topological polar surface area (TPSA) is 44.0 Å². The fourth-order valence-electron chi connectivity index (χ4n) is 12.3. The summed E-state index contributed by atoms with van der Waals surface area (Å²) in [7, 11) is 0. The number of aryl methyl sites for hydroxylation is 1. The Balaban J connectivity index is 1.04. The first-order valence-corrected chi connectivity index (χ1v) is 29.1. The third-order valence-electron chi connectivity index (χ3n) is 16.9. The van der Waals surface area contributed by atoms with Gasteiger partial charge in [-0.1, -0.05) is 174 Å². The van der Waals surface area contributed by atoms with Crippen molar-refractivity contribution in [3.63, 3.8) is 0 Å². The molecular weight excluding hydrogens is 1010 g/mol. The van der Waals surface area contributed by atoms with Crippen LogP contribution in [-0.4, -0.2) is 25.2 Å². The fraction of sp³-hybridized carbons (Fsp3) is 0.237. The van der Waals surface area contributed by atoms with E-state index in [1.54, 1.807) is 6.26 Å². The van der Waals surface area contributed by atoms with Gasteiger partial charge in [-0.25, -0.2) is 4.98 Å². The zero-order chi connectivity index (χ0) is 60.4. The Labute approximate surface area is 493 Å². The predicted molar refractivity (Wildman–Crippen MR) is 348 cm³/mol. The maximum absolute atomic E-state index is 9.32. The van der Waals surface area contributed by atoms with Crippen molar-refractivity contribution < 1.29 is 13.4 Å². The van der Waals surface area contributed by atoms with Crippen molar-refractivity contribution in [1.82, 2.24) is 18.7 Å².